The fourth-order valence-corrected chi connectivity index (χ4v) is 4.97. The fraction of sp³-hybridized carbons (Fsp3) is 0.556. The molecule has 0 aliphatic carbocycles. The molecule has 1 unspecified atom stereocenters. The first-order valence-electron chi connectivity index (χ1n) is 4.85. The Morgan fingerprint density at radius 1 is 1.62 bits per heavy atom. The Hall–Kier alpha value is -0.140. The highest BCUT2D eigenvalue weighted by Gasteiger charge is 2.32. The Labute approximate surface area is 104 Å². The predicted molar refractivity (Wildman–Crippen MR) is 63.4 cm³/mol. The van der Waals surface area contributed by atoms with Crippen LogP contribution in [0.3, 0.4) is 0 Å². The summed E-state index contributed by atoms with van der Waals surface area (Å²) in [4.78, 5) is 0. The van der Waals surface area contributed by atoms with Gasteiger partial charge in [0, 0.05) is 13.1 Å². The molecule has 1 aliphatic rings. The van der Waals surface area contributed by atoms with Crippen molar-refractivity contribution in [2.24, 2.45) is 0 Å². The minimum absolute atomic E-state index is 0.177. The van der Waals surface area contributed by atoms with E-state index >= 15 is 0 Å². The molecule has 1 aliphatic heterocycles. The molecule has 7 heteroatoms. The number of aryl methyl sites for hydroxylation is 1. The minimum atomic E-state index is -3.47. The van der Waals surface area contributed by atoms with Gasteiger partial charge in [-0.3, -0.25) is 0 Å². The number of nitrogens with zero attached hydrogens (tertiary/aromatic N) is 1. The van der Waals surface area contributed by atoms with E-state index in [0.717, 1.165) is 16.9 Å². The van der Waals surface area contributed by atoms with Crippen LogP contribution in [0.2, 0.25) is 4.34 Å². The van der Waals surface area contributed by atoms with E-state index in [1.165, 1.54) is 4.31 Å². The quantitative estimate of drug-likeness (QED) is 0.893. The van der Waals surface area contributed by atoms with Gasteiger partial charge in [0.05, 0.1) is 10.4 Å². The predicted octanol–water partition coefficient (Wildman–Crippen LogP) is 1.47. The molecule has 1 atom stereocenters. The molecule has 0 spiro atoms. The van der Waals surface area contributed by atoms with Crippen molar-refractivity contribution in [2.45, 2.75) is 23.7 Å². The molecule has 2 rings (SSSR count). The van der Waals surface area contributed by atoms with Crippen LogP contribution in [0.5, 0.6) is 0 Å². The number of thiophene rings is 1. The number of rotatable bonds is 2. The topological polar surface area (TPSA) is 57.6 Å². The molecule has 0 aromatic carbocycles. The van der Waals surface area contributed by atoms with Crippen LogP contribution in [0.15, 0.2) is 10.3 Å². The Morgan fingerprint density at radius 2 is 2.31 bits per heavy atom. The second-order valence-electron chi connectivity index (χ2n) is 3.83. The maximum atomic E-state index is 12.1. The van der Waals surface area contributed by atoms with Crippen molar-refractivity contribution in [1.29, 1.82) is 0 Å². The molecule has 90 valence electrons. The molecule has 16 heavy (non-hydrogen) atoms. The molecule has 0 bridgehead atoms. The zero-order valence-corrected chi connectivity index (χ0v) is 11.1. The number of sulfonamides is 1. The van der Waals surface area contributed by atoms with Gasteiger partial charge in [-0.15, -0.1) is 11.3 Å². The summed E-state index contributed by atoms with van der Waals surface area (Å²) >= 11 is 6.92. The summed E-state index contributed by atoms with van der Waals surface area (Å²) in [7, 11) is -3.47. The average molecular weight is 282 g/mol. The van der Waals surface area contributed by atoms with Gasteiger partial charge < -0.3 is 5.11 Å². The van der Waals surface area contributed by atoms with Crippen molar-refractivity contribution in [3.8, 4) is 0 Å². The average Bonchev–Trinajstić information content (AvgIpc) is 2.75. The number of hydrogen-bond acceptors (Lipinski definition) is 4. The first-order valence-corrected chi connectivity index (χ1v) is 7.49. The second-order valence-corrected chi connectivity index (χ2v) is 7.65. The third kappa shape index (κ3) is 2.12. The minimum Gasteiger partial charge on any atom is -0.392 e. The lowest BCUT2D eigenvalue weighted by Gasteiger charge is -2.13. The van der Waals surface area contributed by atoms with Crippen molar-refractivity contribution in [1.82, 2.24) is 4.31 Å². The number of β-amino-alcohol motifs (C(OH)–C–C–N with tert-alkyl or cyclic N) is 1. The second kappa shape index (κ2) is 4.27. The fourth-order valence-electron chi connectivity index (χ4n) is 1.62. The van der Waals surface area contributed by atoms with Gasteiger partial charge in [-0.25, -0.2) is 8.42 Å². The number of aliphatic hydroxyl groups is 1. The molecule has 0 amide bonds. The van der Waals surface area contributed by atoms with E-state index in [4.69, 9.17) is 11.6 Å². The molecule has 1 aromatic rings. The van der Waals surface area contributed by atoms with Crippen LogP contribution < -0.4 is 0 Å². The van der Waals surface area contributed by atoms with Crippen molar-refractivity contribution in [3.05, 3.63) is 16.0 Å². The summed E-state index contributed by atoms with van der Waals surface area (Å²) < 4.78 is 26.3. The van der Waals surface area contributed by atoms with E-state index in [0.29, 0.717) is 17.3 Å². The first kappa shape index (κ1) is 12.3. The lowest BCUT2D eigenvalue weighted by atomic mass is 10.3. The molecule has 1 fully saturated rings. The smallest absolute Gasteiger partial charge is 0.252 e. The Bertz CT molecular complexity index is 477. The Morgan fingerprint density at radius 3 is 2.75 bits per heavy atom. The van der Waals surface area contributed by atoms with Gasteiger partial charge in [-0.05, 0) is 25.0 Å². The van der Waals surface area contributed by atoms with Crippen LogP contribution in [-0.4, -0.2) is 37.0 Å². The summed E-state index contributed by atoms with van der Waals surface area (Å²) in [5.74, 6) is 0. The first-order chi connectivity index (χ1) is 7.41. The molecule has 1 N–H and O–H groups in total. The zero-order valence-electron chi connectivity index (χ0n) is 8.68. The van der Waals surface area contributed by atoms with Gasteiger partial charge >= 0.3 is 0 Å². The maximum absolute atomic E-state index is 12.1. The summed E-state index contributed by atoms with van der Waals surface area (Å²) in [6.07, 6.45) is -0.0524. The summed E-state index contributed by atoms with van der Waals surface area (Å²) in [5.41, 5.74) is 0.769. The van der Waals surface area contributed by atoms with Gasteiger partial charge in [-0.2, -0.15) is 4.31 Å². The SMILES string of the molecule is Cc1cc(S(=O)(=O)N2CCC(O)C2)sc1Cl. The third-order valence-corrected chi connectivity index (χ3v) is 6.42. The number of halogens is 1. The Kier molecular flexibility index (Phi) is 3.29. The van der Waals surface area contributed by atoms with Crippen LogP contribution in [-0.2, 0) is 10.0 Å². The molecular weight excluding hydrogens is 270 g/mol. The summed E-state index contributed by atoms with van der Waals surface area (Å²) in [6, 6.07) is 1.58. The van der Waals surface area contributed by atoms with Crippen LogP contribution in [0.4, 0.5) is 0 Å². The molecular formula is C9H12ClNO3S2. The molecule has 1 saturated heterocycles. The van der Waals surface area contributed by atoms with E-state index in [1.807, 2.05) is 0 Å². The van der Waals surface area contributed by atoms with Crippen molar-refractivity contribution < 1.29 is 13.5 Å². The van der Waals surface area contributed by atoms with Gasteiger partial charge in [0.1, 0.15) is 4.21 Å². The lowest BCUT2D eigenvalue weighted by Crippen LogP contribution is -2.29. The Balaban J connectivity index is 2.32. The monoisotopic (exact) mass is 281 g/mol. The maximum Gasteiger partial charge on any atom is 0.252 e. The van der Waals surface area contributed by atoms with Crippen LogP contribution >= 0.6 is 22.9 Å². The van der Waals surface area contributed by atoms with Crippen molar-refractivity contribution in [2.75, 3.05) is 13.1 Å². The third-order valence-electron chi connectivity index (χ3n) is 2.55. The van der Waals surface area contributed by atoms with Gasteiger partial charge in [0.2, 0.25) is 0 Å². The highest BCUT2D eigenvalue weighted by molar-refractivity contribution is 7.91. The number of aliphatic hydroxyl groups excluding tert-OH is 1. The van der Waals surface area contributed by atoms with E-state index < -0.39 is 16.1 Å². The van der Waals surface area contributed by atoms with Gasteiger partial charge in [-0.1, -0.05) is 11.6 Å². The zero-order chi connectivity index (χ0) is 11.9. The van der Waals surface area contributed by atoms with E-state index in [-0.39, 0.29) is 10.8 Å². The molecule has 1 aromatic heterocycles. The van der Waals surface area contributed by atoms with Crippen LogP contribution in [0.25, 0.3) is 0 Å². The highest BCUT2D eigenvalue weighted by Crippen LogP contribution is 2.33. The van der Waals surface area contributed by atoms with Gasteiger partial charge in [0.25, 0.3) is 10.0 Å². The molecule has 2 heterocycles. The highest BCUT2D eigenvalue weighted by atomic mass is 35.5. The lowest BCUT2D eigenvalue weighted by molar-refractivity contribution is 0.189. The summed E-state index contributed by atoms with van der Waals surface area (Å²) in [6.45, 7) is 2.33. The van der Waals surface area contributed by atoms with Crippen LogP contribution in [0.1, 0.15) is 12.0 Å². The van der Waals surface area contributed by atoms with E-state index in [1.54, 1.807) is 13.0 Å². The summed E-state index contributed by atoms with van der Waals surface area (Å²) in [5, 5.41) is 9.34. The molecule has 0 radical (unpaired) electrons. The van der Waals surface area contributed by atoms with Crippen molar-refractivity contribution in [3.63, 3.8) is 0 Å². The number of hydrogen-bond donors (Lipinski definition) is 1. The van der Waals surface area contributed by atoms with Crippen molar-refractivity contribution >= 4 is 33.0 Å². The molecule has 0 saturated carbocycles. The van der Waals surface area contributed by atoms with E-state index in [2.05, 4.69) is 0 Å². The standard InChI is InChI=1S/C9H12ClNO3S2/c1-6-4-8(15-9(6)10)16(13,14)11-3-2-7(12)5-11/h4,7,12H,2-3,5H2,1H3. The van der Waals surface area contributed by atoms with Crippen LogP contribution in [0, 0.1) is 6.92 Å². The molecule has 4 nitrogen and oxygen atoms in total. The van der Waals surface area contributed by atoms with E-state index in [9.17, 15) is 13.5 Å². The normalized spacial score (nSPS) is 22.8. The largest absolute Gasteiger partial charge is 0.392 e. The van der Waals surface area contributed by atoms with Gasteiger partial charge in [0.15, 0.2) is 0 Å².